The number of amides is 2. The highest BCUT2D eigenvalue weighted by Gasteiger charge is 2.32. The summed E-state index contributed by atoms with van der Waals surface area (Å²) in [6.07, 6.45) is 6.79. The first kappa shape index (κ1) is 28.9. The van der Waals surface area contributed by atoms with Crippen molar-refractivity contribution in [1.29, 1.82) is 0 Å². The Labute approximate surface area is 241 Å². The molecule has 6 heteroatoms. The fourth-order valence-corrected chi connectivity index (χ4v) is 5.71. The average Bonchev–Trinajstić information content (AvgIpc) is 2.96. The molecular weight excluding hydrogens is 552 g/mol. The summed E-state index contributed by atoms with van der Waals surface area (Å²) < 4.78 is 6.82. The highest BCUT2D eigenvalue weighted by Crippen LogP contribution is 2.27. The van der Waals surface area contributed by atoms with E-state index >= 15 is 0 Å². The van der Waals surface area contributed by atoms with E-state index in [4.69, 9.17) is 4.74 Å². The molecule has 1 fully saturated rings. The van der Waals surface area contributed by atoms with E-state index in [-0.39, 0.29) is 24.5 Å². The van der Waals surface area contributed by atoms with Crippen LogP contribution in [-0.2, 0) is 29.0 Å². The van der Waals surface area contributed by atoms with Gasteiger partial charge in [0, 0.05) is 19.0 Å². The maximum absolute atomic E-state index is 13.9. The fourth-order valence-electron chi connectivity index (χ4n) is 5.17. The Balaban J connectivity index is 1.62. The van der Waals surface area contributed by atoms with Crippen LogP contribution in [-0.4, -0.2) is 35.4 Å². The summed E-state index contributed by atoms with van der Waals surface area (Å²) in [7, 11) is 0. The minimum Gasteiger partial charge on any atom is -0.483 e. The summed E-state index contributed by atoms with van der Waals surface area (Å²) in [6.45, 7) is 4.31. The van der Waals surface area contributed by atoms with Crippen LogP contribution < -0.4 is 10.1 Å². The number of nitrogens with zero attached hydrogens (tertiary/aromatic N) is 1. The van der Waals surface area contributed by atoms with Crippen molar-refractivity contribution in [3.8, 4) is 5.75 Å². The highest BCUT2D eigenvalue weighted by molar-refractivity contribution is 9.10. The van der Waals surface area contributed by atoms with E-state index in [1.165, 1.54) is 12.0 Å². The third kappa shape index (κ3) is 8.18. The van der Waals surface area contributed by atoms with Gasteiger partial charge in [-0.2, -0.15) is 0 Å². The van der Waals surface area contributed by atoms with Crippen LogP contribution in [0.25, 0.3) is 0 Å². The predicted molar refractivity (Wildman–Crippen MR) is 160 cm³/mol. The first-order valence-corrected chi connectivity index (χ1v) is 14.8. The highest BCUT2D eigenvalue weighted by atomic mass is 79.9. The number of benzene rings is 3. The van der Waals surface area contributed by atoms with Crippen molar-refractivity contribution >= 4 is 27.7 Å². The first-order valence-electron chi connectivity index (χ1n) is 14.0. The molecule has 2 amide bonds. The Morgan fingerprint density at radius 1 is 0.974 bits per heavy atom. The van der Waals surface area contributed by atoms with Crippen molar-refractivity contribution in [3.63, 3.8) is 0 Å². The van der Waals surface area contributed by atoms with Gasteiger partial charge in [0.25, 0.3) is 5.91 Å². The molecule has 206 valence electrons. The Morgan fingerprint density at radius 3 is 2.38 bits per heavy atom. The van der Waals surface area contributed by atoms with Crippen LogP contribution in [0.2, 0.25) is 0 Å². The second kappa shape index (κ2) is 14.3. The van der Waals surface area contributed by atoms with E-state index in [2.05, 4.69) is 28.2 Å². The molecule has 1 aliphatic rings. The smallest absolute Gasteiger partial charge is 0.261 e. The van der Waals surface area contributed by atoms with Crippen LogP contribution in [0, 0.1) is 6.92 Å². The third-order valence-electron chi connectivity index (χ3n) is 7.58. The van der Waals surface area contributed by atoms with Crippen LogP contribution in [0.15, 0.2) is 77.3 Å². The number of aryl methyl sites for hydroxylation is 2. The van der Waals surface area contributed by atoms with Crippen molar-refractivity contribution in [2.45, 2.75) is 77.4 Å². The number of rotatable bonds is 11. The molecule has 0 aliphatic heterocycles. The van der Waals surface area contributed by atoms with Crippen molar-refractivity contribution in [2.75, 3.05) is 6.61 Å². The molecule has 5 nitrogen and oxygen atoms in total. The molecule has 0 bridgehead atoms. The number of nitrogens with one attached hydrogen (secondary N) is 1. The van der Waals surface area contributed by atoms with E-state index < -0.39 is 6.04 Å². The summed E-state index contributed by atoms with van der Waals surface area (Å²) in [6, 6.07) is 23.4. The Hall–Kier alpha value is -3.12. The minimum absolute atomic E-state index is 0.0961. The van der Waals surface area contributed by atoms with Crippen molar-refractivity contribution < 1.29 is 14.3 Å². The zero-order chi connectivity index (χ0) is 27.6. The Kier molecular flexibility index (Phi) is 10.6. The van der Waals surface area contributed by atoms with Gasteiger partial charge in [-0.15, -0.1) is 0 Å². The van der Waals surface area contributed by atoms with Crippen molar-refractivity contribution in [3.05, 3.63) is 99.5 Å². The molecule has 1 aliphatic carbocycles. The van der Waals surface area contributed by atoms with Gasteiger partial charge < -0.3 is 15.0 Å². The topological polar surface area (TPSA) is 58.6 Å². The molecule has 0 unspecified atom stereocenters. The van der Waals surface area contributed by atoms with Gasteiger partial charge in [-0.05, 0) is 76.5 Å². The van der Waals surface area contributed by atoms with Gasteiger partial charge in [0.1, 0.15) is 11.8 Å². The van der Waals surface area contributed by atoms with Gasteiger partial charge >= 0.3 is 0 Å². The number of carbonyl (C=O) groups excluding carboxylic acids is 2. The molecule has 1 saturated carbocycles. The standard InChI is InChI=1S/C33H39BrN2O3/c1-3-25-18-19-31(29(34)20-25)39-23-32(37)36(22-27-15-11-10-12-24(27)2)30(21-26-13-6-4-7-14-26)33(38)35-28-16-8-5-9-17-28/h4,6-7,10-15,18-20,28,30H,3,5,8-9,16-17,21-23H2,1-2H3,(H,35,38)/t30-/m1/s1. The minimum atomic E-state index is -0.657. The molecule has 0 radical (unpaired) electrons. The number of halogens is 1. The molecule has 4 rings (SSSR count). The predicted octanol–water partition coefficient (Wildman–Crippen LogP) is 6.79. The van der Waals surface area contributed by atoms with Gasteiger partial charge in [-0.25, -0.2) is 0 Å². The van der Waals surface area contributed by atoms with Crippen LogP contribution in [0.4, 0.5) is 0 Å². The first-order chi connectivity index (χ1) is 18.9. The van der Waals surface area contributed by atoms with E-state index in [0.29, 0.717) is 18.7 Å². The lowest BCUT2D eigenvalue weighted by atomic mass is 9.94. The summed E-state index contributed by atoms with van der Waals surface area (Å²) >= 11 is 3.58. The number of ether oxygens (including phenoxy) is 1. The second-order valence-electron chi connectivity index (χ2n) is 10.4. The molecule has 1 atom stereocenters. The van der Waals surface area contributed by atoms with E-state index in [0.717, 1.165) is 53.3 Å². The number of carbonyl (C=O) groups is 2. The lowest BCUT2D eigenvalue weighted by Gasteiger charge is -2.33. The summed E-state index contributed by atoms with van der Waals surface area (Å²) in [5.41, 5.74) is 4.30. The maximum atomic E-state index is 13.9. The molecule has 39 heavy (non-hydrogen) atoms. The SMILES string of the molecule is CCc1ccc(OCC(=O)N(Cc2ccccc2C)[C@H](Cc2ccccc2)C(=O)NC2CCCCC2)c(Br)c1. The van der Waals surface area contributed by atoms with Gasteiger partial charge in [0.05, 0.1) is 4.47 Å². The zero-order valence-corrected chi connectivity index (χ0v) is 24.6. The van der Waals surface area contributed by atoms with Crippen LogP contribution in [0.5, 0.6) is 5.75 Å². The molecule has 3 aromatic rings. The Morgan fingerprint density at radius 2 is 1.69 bits per heavy atom. The largest absolute Gasteiger partial charge is 0.483 e. The quantitative estimate of drug-likeness (QED) is 0.267. The average molecular weight is 592 g/mol. The summed E-state index contributed by atoms with van der Waals surface area (Å²) in [4.78, 5) is 29.5. The van der Waals surface area contributed by atoms with Gasteiger partial charge in [0.2, 0.25) is 5.91 Å². The van der Waals surface area contributed by atoms with Crippen LogP contribution in [0.1, 0.15) is 61.3 Å². The van der Waals surface area contributed by atoms with E-state index in [1.54, 1.807) is 4.90 Å². The van der Waals surface area contributed by atoms with Gasteiger partial charge in [-0.3, -0.25) is 9.59 Å². The van der Waals surface area contributed by atoms with Crippen LogP contribution >= 0.6 is 15.9 Å². The molecule has 0 heterocycles. The van der Waals surface area contributed by atoms with Gasteiger partial charge in [-0.1, -0.05) is 86.8 Å². The third-order valence-corrected chi connectivity index (χ3v) is 8.20. The second-order valence-corrected chi connectivity index (χ2v) is 11.3. The lowest BCUT2D eigenvalue weighted by Crippen LogP contribution is -2.53. The molecular formula is C33H39BrN2O3. The van der Waals surface area contributed by atoms with E-state index in [1.807, 2.05) is 79.7 Å². The number of hydrogen-bond acceptors (Lipinski definition) is 3. The lowest BCUT2D eigenvalue weighted by molar-refractivity contribution is -0.143. The number of hydrogen-bond donors (Lipinski definition) is 1. The maximum Gasteiger partial charge on any atom is 0.261 e. The molecule has 3 aromatic carbocycles. The van der Waals surface area contributed by atoms with E-state index in [9.17, 15) is 9.59 Å². The van der Waals surface area contributed by atoms with Crippen molar-refractivity contribution in [2.24, 2.45) is 0 Å². The Bertz CT molecular complexity index is 1240. The molecule has 0 aromatic heterocycles. The monoisotopic (exact) mass is 590 g/mol. The van der Waals surface area contributed by atoms with Crippen molar-refractivity contribution in [1.82, 2.24) is 10.2 Å². The molecule has 0 spiro atoms. The van der Waals surface area contributed by atoms with Gasteiger partial charge in [0.15, 0.2) is 6.61 Å². The van der Waals surface area contributed by atoms with Crippen LogP contribution in [0.3, 0.4) is 0 Å². The normalized spacial score (nSPS) is 14.4. The summed E-state index contributed by atoms with van der Waals surface area (Å²) in [5.74, 6) is 0.299. The summed E-state index contributed by atoms with van der Waals surface area (Å²) in [5, 5.41) is 3.29. The molecule has 0 saturated heterocycles. The molecule has 1 N–H and O–H groups in total. The zero-order valence-electron chi connectivity index (χ0n) is 23.0. The fraction of sp³-hybridized carbons (Fsp3) is 0.394.